The smallest absolute Gasteiger partial charge is 0.151 e. The van der Waals surface area contributed by atoms with Gasteiger partial charge in [0, 0.05) is 19.0 Å². The van der Waals surface area contributed by atoms with Gasteiger partial charge in [-0.05, 0) is 30.4 Å². The van der Waals surface area contributed by atoms with Gasteiger partial charge >= 0.3 is 0 Å². The van der Waals surface area contributed by atoms with Crippen molar-refractivity contribution >= 4 is 11.6 Å². The Labute approximate surface area is 131 Å². The zero-order valence-corrected chi connectivity index (χ0v) is 13.2. The summed E-state index contributed by atoms with van der Waals surface area (Å²) in [4.78, 5) is 7.76. The SMILES string of the molecule is CCCCc1nc(Cl)c(CNC2Cc3ccccc3C2)[nH]1. The molecule has 0 fully saturated rings. The number of aryl methyl sites for hydroxylation is 1. The van der Waals surface area contributed by atoms with Crippen LogP contribution in [0.15, 0.2) is 24.3 Å². The van der Waals surface area contributed by atoms with Crippen LogP contribution in [0.1, 0.15) is 42.4 Å². The van der Waals surface area contributed by atoms with E-state index < -0.39 is 0 Å². The summed E-state index contributed by atoms with van der Waals surface area (Å²) in [7, 11) is 0. The van der Waals surface area contributed by atoms with Gasteiger partial charge in [-0.3, -0.25) is 0 Å². The van der Waals surface area contributed by atoms with Crippen molar-refractivity contribution in [2.75, 3.05) is 0 Å². The molecule has 1 heterocycles. The van der Waals surface area contributed by atoms with Gasteiger partial charge in [-0.1, -0.05) is 49.2 Å². The van der Waals surface area contributed by atoms with Crippen molar-refractivity contribution < 1.29 is 0 Å². The van der Waals surface area contributed by atoms with Crippen molar-refractivity contribution in [3.05, 3.63) is 52.1 Å². The summed E-state index contributed by atoms with van der Waals surface area (Å²) in [6, 6.07) is 9.19. The maximum absolute atomic E-state index is 6.22. The Hall–Kier alpha value is -1.32. The van der Waals surface area contributed by atoms with Gasteiger partial charge in [-0.25, -0.2) is 4.98 Å². The Bertz CT molecular complexity index is 581. The lowest BCUT2D eigenvalue weighted by atomic mass is 10.1. The van der Waals surface area contributed by atoms with E-state index in [2.05, 4.69) is 46.5 Å². The number of nitrogens with one attached hydrogen (secondary N) is 2. The molecule has 1 aromatic heterocycles. The zero-order chi connectivity index (χ0) is 14.7. The van der Waals surface area contributed by atoms with Crippen LogP contribution in [0.25, 0.3) is 0 Å². The summed E-state index contributed by atoms with van der Waals surface area (Å²) in [6.45, 7) is 2.95. The molecule has 0 aliphatic heterocycles. The lowest BCUT2D eigenvalue weighted by Gasteiger charge is -2.10. The highest BCUT2D eigenvalue weighted by molar-refractivity contribution is 6.30. The number of unbranched alkanes of at least 4 members (excludes halogenated alkanes) is 1. The second-order valence-electron chi connectivity index (χ2n) is 5.81. The Morgan fingerprint density at radius 3 is 2.67 bits per heavy atom. The topological polar surface area (TPSA) is 40.7 Å². The van der Waals surface area contributed by atoms with Gasteiger partial charge in [0.1, 0.15) is 5.82 Å². The maximum Gasteiger partial charge on any atom is 0.151 e. The van der Waals surface area contributed by atoms with Crippen LogP contribution in [0, 0.1) is 0 Å². The number of halogens is 1. The number of aromatic amines is 1. The van der Waals surface area contributed by atoms with Crippen molar-refractivity contribution in [1.29, 1.82) is 0 Å². The molecule has 0 bridgehead atoms. The van der Waals surface area contributed by atoms with E-state index in [0.29, 0.717) is 11.2 Å². The Balaban J connectivity index is 1.55. The van der Waals surface area contributed by atoms with E-state index in [-0.39, 0.29) is 0 Å². The molecule has 1 aliphatic carbocycles. The maximum atomic E-state index is 6.22. The normalized spacial score (nSPS) is 14.6. The van der Waals surface area contributed by atoms with Crippen LogP contribution in [-0.4, -0.2) is 16.0 Å². The first-order valence-corrected chi connectivity index (χ1v) is 8.17. The molecular formula is C17H22ClN3. The number of imidazole rings is 1. The van der Waals surface area contributed by atoms with Crippen molar-refractivity contribution in [3.8, 4) is 0 Å². The zero-order valence-electron chi connectivity index (χ0n) is 12.5. The van der Waals surface area contributed by atoms with Crippen LogP contribution < -0.4 is 5.32 Å². The molecule has 0 spiro atoms. The van der Waals surface area contributed by atoms with Crippen LogP contribution in [0.2, 0.25) is 5.15 Å². The van der Waals surface area contributed by atoms with Gasteiger partial charge in [-0.15, -0.1) is 0 Å². The standard InChI is InChI=1S/C17H22ClN3/c1-2-3-8-16-20-15(17(18)21-16)11-19-14-9-12-6-4-5-7-13(12)10-14/h4-7,14,19H,2-3,8-11H2,1H3,(H,20,21). The second-order valence-corrected chi connectivity index (χ2v) is 6.17. The molecular weight excluding hydrogens is 282 g/mol. The highest BCUT2D eigenvalue weighted by Gasteiger charge is 2.20. The van der Waals surface area contributed by atoms with Crippen molar-refractivity contribution in [2.45, 2.75) is 51.6 Å². The van der Waals surface area contributed by atoms with Gasteiger partial charge in [0.15, 0.2) is 5.15 Å². The number of rotatable bonds is 6. The first-order valence-electron chi connectivity index (χ1n) is 7.79. The predicted octanol–water partition coefficient (Wildman–Crippen LogP) is 3.66. The Morgan fingerprint density at radius 1 is 1.29 bits per heavy atom. The lowest BCUT2D eigenvalue weighted by Crippen LogP contribution is -2.29. The van der Waals surface area contributed by atoms with Crippen LogP contribution in [0.3, 0.4) is 0 Å². The van der Waals surface area contributed by atoms with E-state index >= 15 is 0 Å². The fourth-order valence-electron chi connectivity index (χ4n) is 2.97. The van der Waals surface area contributed by atoms with E-state index in [1.54, 1.807) is 0 Å². The molecule has 3 nitrogen and oxygen atoms in total. The van der Waals surface area contributed by atoms with Crippen molar-refractivity contribution in [2.24, 2.45) is 0 Å². The monoisotopic (exact) mass is 303 g/mol. The largest absolute Gasteiger partial charge is 0.344 e. The van der Waals surface area contributed by atoms with Gasteiger partial charge in [0.25, 0.3) is 0 Å². The fourth-order valence-corrected chi connectivity index (χ4v) is 3.19. The van der Waals surface area contributed by atoms with Gasteiger partial charge in [-0.2, -0.15) is 0 Å². The molecule has 0 unspecified atom stereocenters. The number of fused-ring (bicyclic) bond motifs is 1. The Kier molecular flexibility index (Phi) is 4.61. The van der Waals surface area contributed by atoms with Gasteiger partial charge < -0.3 is 10.3 Å². The van der Waals surface area contributed by atoms with Crippen molar-refractivity contribution in [1.82, 2.24) is 15.3 Å². The van der Waals surface area contributed by atoms with Gasteiger partial charge in [0.05, 0.1) is 5.69 Å². The molecule has 3 rings (SSSR count). The molecule has 1 aromatic carbocycles. The molecule has 0 radical (unpaired) electrons. The van der Waals surface area contributed by atoms with E-state index in [1.165, 1.54) is 17.5 Å². The van der Waals surface area contributed by atoms with Crippen LogP contribution in [0.4, 0.5) is 0 Å². The molecule has 0 saturated carbocycles. The quantitative estimate of drug-likeness (QED) is 0.855. The molecule has 4 heteroatoms. The van der Waals surface area contributed by atoms with E-state index in [4.69, 9.17) is 11.6 Å². The number of hydrogen-bond acceptors (Lipinski definition) is 2. The average molecular weight is 304 g/mol. The van der Waals surface area contributed by atoms with E-state index in [1.807, 2.05) is 0 Å². The molecule has 1 aliphatic rings. The molecule has 2 N–H and O–H groups in total. The van der Waals surface area contributed by atoms with Crippen molar-refractivity contribution in [3.63, 3.8) is 0 Å². The van der Waals surface area contributed by atoms with Crippen LogP contribution in [0.5, 0.6) is 0 Å². The first-order chi connectivity index (χ1) is 10.3. The minimum atomic E-state index is 0.501. The average Bonchev–Trinajstić information content (AvgIpc) is 3.05. The highest BCUT2D eigenvalue weighted by atomic mass is 35.5. The molecule has 112 valence electrons. The fraction of sp³-hybridized carbons (Fsp3) is 0.471. The summed E-state index contributed by atoms with van der Waals surface area (Å²) in [6.07, 6.45) is 5.50. The predicted molar refractivity (Wildman–Crippen MR) is 86.7 cm³/mol. The molecule has 2 aromatic rings. The number of hydrogen-bond donors (Lipinski definition) is 2. The first kappa shape index (κ1) is 14.6. The third kappa shape index (κ3) is 3.47. The summed E-state index contributed by atoms with van der Waals surface area (Å²) >= 11 is 6.22. The number of benzene rings is 1. The Morgan fingerprint density at radius 2 is 2.00 bits per heavy atom. The summed E-state index contributed by atoms with van der Waals surface area (Å²) in [5.74, 6) is 1.01. The third-order valence-corrected chi connectivity index (χ3v) is 4.48. The summed E-state index contributed by atoms with van der Waals surface area (Å²) in [5.41, 5.74) is 3.95. The molecule has 0 saturated heterocycles. The summed E-state index contributed by atoms with van der Waals surface area (Å²) in [5, 5.41) is 4.21. The van der Waals surface area contributed by atoms with Crippen LogP contribution in [-0.2, 0) is 25.8 Å². The second kappa shape index (κ2) is 6.63. The highest BCUT2D eigenvalue weighted by Crippen LogP contribution is 2.22. The minimum Gasteiger partial charge on any atom is -0.344 e. The third-order valence-electron chi connectivity index (χ3n) is 4.16. The molecule has 0 atom stereocenters. The minimum absolute atomic E-state index is 0.501. The van der Waals surface area contributed by atoms with E-state index in [0.717, 1.165) is 43.7 Å². The molecule has 0 amide bonds. The van der Waals surface area contributed by atoms with Gasteiger partial charge in [0.2, 0.25) is 0 Å². The number of nitrogens with zero attached hydrogens (tertiary/aromatic N) is 1. The molecule has 21 heavy (non-hydrogen) atoms. The summed E-state index contributed by atoms with van der Waals surface area (Å²) < 4.78 is 0. The van der Waals surface area contributed by atoms with Crippen LogP contribution >= 0.6 is 11.6 Å². The number of H-pyrrole nitrogens is 1. The number of aromatic nitrogens is 2. The lowest BCUT2D eigenvalue weighted by molar-refractivity contribution is 0.528. The van der Waals surface area contributed by atoms with E-state index in [9.17, 15) is 0 Å².